The van der Waals surface area contributed by atoms with Crippen LogP contribution in [0.1, 0.15) is 51.0 Å². The van der Waals surface area contributed by atoms with E-state index in [0.29, 0.717) is 24.1 Å². The number of piperidine rings is 1. The highest BCUT2D eigenvalue weighted by atomic mass is 16.4. The Bertz CT molecular complexity index is 1160. The molecule has 0 radical (unpaired) electrons. The van der Waals surface area contributed by atoms with Crippen LogP contribution in [0.25, 0.3) is 16.6 Å². The van der Waals surface area contributed by atoms with Gasteiger partial charge in [-0.3, -0.25) is 9.59 Å². The first-order valence-electron chi connectivity index (χ1n) is 11.9. The minimum absolute atomic E-state index is 0.0920. The van der Waals surface area contributed by atoms with E-state index in [-0.39, 0.29) is 18.4 Å². The van der Waals surface area contributed by atoms with Gasteiger partial charge in [-0.05, 0) is 42.7 Å². The number of carbonyl (C=O) groups excluding carboxylic acids is 1. The highest BCUT2D eigenvalue weighted by molar-refractivity contribution is 5.91. The molecule has 180 valence electrons. The van der Waals surface area contributed by atoms with E-state index in [0.717, 1.165) is 35.4 Å². The second kappa shape index (κ2) is 10.7. The minimum atomic E-state index is -0.900. The molecule has 1 aliphatic heterocycles. The number of benzene rings is 1. The van der Waals surface area contributed by atoms with Crippen LogP contribution < -0.4 is 10.2 Å². The number of aliphatic hydroxyl groups is 1. The molecule has 1 saturated carbocycles. The van der Waals surface area contributed by atoms with Gasteiger partial charge in [0.1, 0.15) is 0 Å². The average Bonchev–Trinajstić information content (AvgIpc) is 3.14. The summed E-state index contributed by atoms with van der Waals surface area (Å²) in [7, 11) is 0. The Hall–Kier alpha value is -3.39. The summed E-state index contributed by atoms with van der Waals surface area (Å²) in [5, 5.41) is 26.1. The molecule has 1 aromatic carbocycles. The molecule has 0 atom stereocenters. The van der Waals surface area contributed by atoms with Crippen molar-refractivity contribution in [1.29, 1.82) is 0 Å². The fourth-order valence-electron chi connectivity index (χ4n) is 4.17. The monoisotopic (exact) mass is 464 g/mol. The van der Waals surface area contributed by atoms with E-state index >= 15 is 0 Å². The van der Waals surface area contributed by atoms with Crippen LogP contribution in [0.2, 0.25) is 0 Å². The molecule has 0 bridgehead atoms. The summed E-state index contributed by atoms with van der Waals surface area (Å²) >= 11 is 0. The SMILES string of the molecule is C1CCC1.CC(=O)Nc1ccc(-c2ccn3ncc(CC(=O)O)c3c2)c(N2CCC(O)CC2)c1. The van der Waals surface area contributed by atoms with Crippen LogP contribution in [0.4, 0.5) is 11.4 Å². The molecule has 1 amide bonds. The van der Waals surface area contributed by atoms with E-state index in [1.807, 2.05) is 36.5 Å². The summed E-state index contributed by atoms with van der Waals surface area (Å²) < 4.78 is 1.67. The van der Waals surface area contributed by atoms with Gasteiger partial charge in [-0.1, -0.05) is 31.7 Å². The van der Waals surface area contributed by atoms with E-state index in [4.69, 9.17) is 0 Å². The minimum Gasteiger partial charge on any atom is -0.481 e. The summed E-state index contributed by atoms with van der Waals surface area (Å²) in [5.41, 5.74) is 5.00. The lowest BCUT2D eigenvalue weighted by molar-refractivity contribution is -0.136. The smallest absolute Gasteiger partial charge is 0.307 e. The molecule has 34 heavy (non-hydrogen) atoms. The number of aromatic nitrogens is 2. The van der Waals surface area contributed by atoms with Crippen LogP contribution in [0.5, 0.6) is 0 Å². The van der Waals surface area contributed by atoms with Gasteiger partial charge in [0, 0.05) is 48.7 Å². The maximum atomic E-state index is 11.5. The Labute approximate surface area is 199 Å². The number of aliphatic carboxylic acids is 1. The van der Waals surface area contributed by atoms with Crippen LogP contribution in [-0.2, 0) is 16.0 Å². The van der Waals surface area contributed by atoms with E-state index < -0.39 is 5.97 Å². The first kappa shape index (κ1) is 23.8. The molecule has 3 N–H and O–H groups in total. The molecule has 1 aliphatic carbocycles. The lowest BCUT2D eigenvalue weighted by atomic mass is 9.99. The van der Waals surface area contributed by atoms with Crippen LogP contribution in [-0.4, -0.2) is 50.9 Å². The number of carbonyl (C=O) groups is 2. The van der Waals surface area contributed by atoms with Crippen molar-refractivity contribution in [3.05, 3.63) is 48.3 Å². The summed E-state index contributed by atoms with van der Waals surface area (Å²) in [6.45, 7) is 2.91. The zero-order valence-corrected chi connectivity index (χ0v) is 19.5. The fraction of sp³-hybridized carbons (Fsp3) is 0.423. The molecule has 3 aromatic rings. The Morgan fingerprint density at radius 2 is 1.79 bits per heavy atom. The highest BCUT2D eigenvalue weighted by Gasteiger charge is 2.21. The van der Waals surface area contributed by atoms with Crippen molar-refractivity contribution in [1.82, 2.24) is 9.61 Å². The number of carboxylic acids is 1. The summed E-state index contributed by atoms with van der Waals surface area (Å²) in [5.74, 6) is -1.04. The van der Waals surface area contributed by atoms with E-state index in [1.54, 1.807) is 10.7 Å². The number of pyridine rings is 1. The van der Waals surface area contributed by atoms with Crippen molar-refractivity contribution in [3.63, 3.8) is 0 Å². The van der Waals surface area contributed by atoms with Gasteiger partial charge in [0.25, 0.3) is 0 Å². The zero-order chi connectivity index (χ0) is 24.1. The first-order chi connectivity index (χ1) is 16.4. The second-order valence-corrected chi connectivity index (χ2v) is 9.03. The molecular formula is C26H32N4O4. The van der Waals surface area contributed by atoms with Crippen molar-refractivity contribution >= 4 is 28.8 Å². The number of hydrogen-bond donors (Lipinski definition) is 3. The number of nitrogens with zero attached hydrogens (tertiary/aromatic N) is 3. The molecule has 2 fully saturated rings. The van der Waals surface area contributed by atoms with Crippen molar-refractivity contribution in [2.45, 2.75) is 58.0 Å². The molecule has 8 nitrogen and oxygen atoms in total. The second-order valence-electron chi connectivity index (χ2n) is 9.03. The van der Waals surface area contributed by atoms with Crippen molar-refractivity contribution in [3.8, 4) is 11.1 Å². The first-order valence-corrected chi connectivity index (χ1v) is 11.9. The number of carboxylic acid groups (broad SMARTS) is 1. The van der Waals surface area contributed by atoms with Gasteiger partial charge in [-0.2, -0.15) is 5.10 Å². The van der Waals surface area contributed by atoms with Crippen molar-refractivity contribution in [2.24, 2.45) is 0 Å². The van der Waals surface area contributed by atoms with Gasteiger partial charge < -0.3 is 20.4 Å². The number of fused-ring (bicyclic) bond motifs is 1. The predicted molar refractivity (Wildman–Crippen MR) is 132 cm³/mol. The fourth-order valence-corrected chi connectivity index (χ4v) is 4.17. The summed E-state index contributed by atoms with van der Waals surface area (Å²) in [6, 6.07) is 9.66. The maximum Gasteiger partial charge on any atom is 0.307 e. The number of rotatable bonds is 5. The third-order valence-corrected chi connectivity index (χ3v) is 6.38. The maximum absolute atomic E-state index is 11.5. The molecule has 1 saturated heterocycles. The molecule has 0 spiro atoms. The third-order valence-electron chi connectivity index (χ3n) is 6.38. The zero-order valence-electron chi connectivity index (χ0n) is 19.5. The van der Waals surface area contributed by atoms with Gasteiger partial charge >= 0.3 is 5.97 Å². The molecule has 8 heteroatoms. The molecule has 2 aliphatic rings. The van der Waals surface area contributed by atoms with Gasteiger partial charge in [-0.25, -0.2) is 4.52 Å². The number of amides is 1. The largest absolute Gasteiger partial charge is 0.481 e. The Morgan fingerprint density at radius 1 is 1.09 bits per heavy atom. The Balaban J connectivity index is 0.000000620. The molecule has 3 heterocycles. The lowest BCUT2D eigenvalue weighted by Crippen LogP contribution is -2.36. The molecule has 0 unspecified atom stereocenters. The lowest BCUT2D eigenvalue weighted by Gasteiger charge is -2.33. The third kappa shape index (κ3) is 5.75. The number of anilines is 2. The van der Waals surface area contributed by atoms with Gasteiger partial charge in [0.05, 0.1) is 24.2 Å². The number of aliphatic hydroxyl groups excluding tert-OH is 1. The molecule has 2 aromatic heterocycles. The summed E-state index contributed by atoms with van der Waals surface area (Å²) in [4.78, 5) is 24.9. The van der Waals surface area contributed by atoms with E-state index in [9.17, 15) is 19.8 Å². The van der Waals surface area contributed by atoms with E-state index in [1.165, 1.54) is 32.6 Å². The quantitative estimate of drug-likeness (QED) is 0.525. The number of nitrogens with one attached hydrogen (secondary N) is 1. The molecule has 5 rings (SSSR count). The van der Waals surface area contributed by atoms with Crippen LogP contribution >= 0.6 is 0 Å². The van der Waals surface area contributed by atoms with Crippen molar-refractivity contribution < 1.29 is 19.8 Å². The van der Waals surface area contributed by atoms with Gasteiger partial charge in [0.15, 0.2) is 0 Å². The number of hydrogen-bond acceptors (Lipinski definition) is 5. The Kier molecular flexibility index (Phi) is 7.47. The van der Waals surface area contributed by atoms with Crippen LogP contribution in [0, 0.1) is 0 Å². The molecular weight excluding hydrogens is 432 g/mol. The van der Waals surface area contributed by atoms with Gasteiger partial charge in [-0.15, -0.1) is 0 Å². The van der Waals surface area contributed by atoms with Crippen molar-refractivity contribution in [2.75, 3.05) is 23.3 Å². The topological polar surface area (TPSA) is 107 Å². The average molecular weight is 465 g/mol. The van der Waals surface area contributed by atoms with Gasteiger partial charge in [0.2, 0.25) is 5.91 Å². The summed E-state index contributed by atoms with van der Waals surface area (Å²) in [6.07, 6.45) is 10.4. The Morgan fingerprint density at radius 3 is 2.41 bits per heavy atom. The highest BCUT2D eigenvalue weighted by Crippen LogP contribution is 2.36. The normalized spacial score (nSPS) is 15.9. The van der Waals surface area contributed by atoms with E-state index in [2.05, 4.69) is 15.3 Å². The van der Waals surface area contributed by atoms with Crippen LogP contribution in [0.15, 0.2) is 42.7 Å². The van der Waals surface area contributed by atoms with Crippen LogP contribution in [0.3, 0.4) is 0 Å². The standard InChI is InChI=1S/C22H24N4O4.C4H8/c1-14(27)24-17-2-3-19(21(12-17)25-7-5-18(28)6-8-25)15-4-9-26-20(10-15)16(13-23-26)11-22(29)30;1-2-4-3-1/h2-4,9-10,12-13,18,28H,5-8,11H2,1H3,(H,24,27)(H,29,30);1-4H2. The predicted octanol–water partition coefficient (Wildman–Crippen LogP) is 4.11.